The number of alkyl halides is 3. The summed E-state index contributed by atoms with van der Waals surface area (Å²) in [6.45, 7) is 3.99. The molecule has 2 aromatic heterocycles. The maximum atomic E-state index is 13.0. The average molecular weight is 469 g/mol. The van der Waals surface area contributed by atoms with Crippen molar-refractivity contribution in [3.8, 4) is 0 Å². The number of rotatable bonds is 5. The molecule has 1 aliphatic heterocycles. The first-order chi connectivity index (χ1) is 14.8. The van der Waals surface area contributed by atoms with E-state index < -0.39 is 11.7 Å². The van der Waals surface area contributed by atoms with Crippen molar-refractivity contribution in [3.63, 3.8) is 0 Å². The molecule has 0 atom stereocenters. The van der Waals surface area contributed by atoms with Gasteiger partial charge in [-0.1, -0.05) is 29.2 Å². The fourth-order valence-corrected chi connectivity index (χ4v) is 4.95. The number of aromatic amines is 1. The van der Waals surface area contributed by atoms with Crippen LogP contribution in [0.5, 0.6) is 0 Å². The number of nitrogens with one attached hydrogen (secondary N) is 1. The lowest BCUT2D eigenvalue weighted by molar-refractivity contribution is -0.137. The molecule has 0 amide bonds. The van der Waals surface area contributed by atoms with Gasteiger partial charge in [-0.25, -0.2) is 4.98 Å². The van der Waals surface area contributed by atoms with Crippen molar-refractivity contribution < 1.29 is 13.2 Å². The molecule has 1 fully saturated rings. The van der Waals surface area contributed by atoms with Gasteiger partial charge in [0, 0.05) is 43.7 Å². The van der Waals surface area contributed by atoms with Crippen molar-refractivity contribution >= 4 is 34.7 Å². The van der Waals surface area contributed by atoms with E-state index in [4.69, 9.17) is 0 Å². The number of anilines is 2. The number of benzene rings is 1. The Morgan fingerprint density at radius 2 is 1.87 bits per heavy atom. The second-order valence-corrected chi connectivity index (χ2v) is 9.36. The molecule has 1 aliphatic rings. The topological polar surface area (TPSA) is 78.0 Å². The predicted octanol–water partition coefficient (Wildman–Crippen LogP) is 3.57. The Morgan fingerprint density at radius 1 is 1.13 bits per heavy atom. The van der Waals surface area contributed by atoms with Crippen molar-refractivity contribution in [2.24, 2.45) is 0 Å². The third-order valence-electron chi connectivity index (χ3n) is 4.75. The van der Waals surface area contributed by atoms with Gasteiger partial charge < -0.3 is 9.80 Å². The summed E-state index contributed by atoms with van der Waals surface area (Å²) in [5.74, 6) is 0.968. The van der Waals surface area contributed by atoms with Crippen LogP contribution in [0, 0.1) is 6.92 Å². The van der Waals surface area contributed by atoms with E-state index in [1.165, 1.54) is 41.3 Å². The maximum Gasteiger partial charge on any atom is 0.416 e. The summed E-state index contributed by atoms with van der Waals surface area (Å²) in [6.07, 6.45) is -4.37. The fourth-order valence-electron chi connectivity index (χ4n) is 3.25. The van der Waals surface area contributed by atoms with Crippen LogP contribution in [0.1, 0.15) is 16.3 Å². The highest BCUT2D eigenvalue weighted by Crippen LogP contribution is 2.32. The fraction of sp³-hybridized carbons (Fsp3) is 0.368. The van der Waals surface area contributed by atoms with Crippen molar-refractivity contribution in [2.75, 3.05) is 36.0 Å². The molecule has 0 bridgehead atoms. The van der Waals surface area contributed by atoms with Gasteiger partial charge in [-0.15, -0.1) is 10.2 Å². The highest BCUT2D eigenvalue weighted by molar-refractivity contribution is 8.00. The molecule has 12 heteroatoms. The number of halogens is 3. The van der Waals surface area contributed by atoms with Gasteiger partial charge in [0.1, 0.15) is 5.01 Å². The van der Waals surface area contributed by atoms with E-state index in [0.29, 0.717) is 49.3 Å². The molecule has 0 spiro atoms. The van der Waals surface area contributed by atoms with Gasteiger partial charge in [0.05, 0.1) is 11.3 Å². The van der Waals surface area contributed by atoms with Crippen LogP contribution in [0.15, 0.2) is 39.5 Å². The van der Waals surface area contributed by atoms with Gasteiger partial charge in [0.15, 0.2) is 4.34 Å². The van der Waals surface area contributed by atoms with E-state index in [2.05, 4.69) is 20.2 Å². The Hall–Kier alpha value is -2.60. The van der Waals surface area contributed by atoms with Gasteiger partial charge in [0.25, 0.3) is 5.56 Å². The molecule has 1 aromatic carbocycles. The number of hydrogen-bond donors (Lipinski definition) is 1. The number of aromatic nitrogens is 4. The highest BCUT2D eigenvalue weighted by atomic mass is 32.2. The minimum atomic E-state index is -4.37. The first kappa shape index (κ1) is 21.6. The van der Waals surface area contributed by atoms with Crippen LogP contribution in [0.2, 0.25) is 0 Å². The van der Waals surface area contributed by atoms with Crippen molar-refractivity contribution in [2.45, 2.75) is 23.2 Å². The van der Waals surface area contributed by atoms with Crippen LogP contribution >= 0.6 is 23.1 Å². The summed E-state index contributed by atoms with van der Waals surface area (Å²) in [4.78, 5) is 23.3. The van der Waals surface area contributed by atoms with Gasteiger partial charge in [0.2, 0.25) is 5.95 Å². The van der Waals surface area contributed by atoms with Crippen LogP contribution < -0.4 is 15.4 Å². The van der Waals surface area contributed by atoms with Crippen molar-refractivity contribution in [3.05, 3.63) is 57.0 Å². The van der Waals surface area contributed by atoms with E-state index in [1.54, 1.807) is 6.07 Å². The molecule has 0 saturated carbocycles. The summed E-state index contributed by atoms with van der Waals surface area (Å²) >= 11 is 2.96. The van der Waals surface area contributed by atoms with Crippen LogP contribution in [0.3, 0.4) is 0 Å². The lowest BCUT2D eigenvalue weighted by Gasteiger charge is -2.36. The zero-order valence-corrected chi connectivity index (χ0v) is 18.1. The number of piperazine rings is 1. The zero-order chi connectivity index (χ0) is 22.0. The molecule has 0 radical (unpaired) electrons. The molecule has 1 N–H and O–H groups in total. The molecular formula is C19H19F3N6OS2. The van der Waals surface area contributed by atoms with Crippen molar-refractivity contribution in [1.29, 1.82) is 0 Å². The monoisotopic (exact) mass is 468 g/mol. The second kappa shape index (κ2) is 8.87. The van der Waals surface area contributed by atoms with E-state index in [-0.39, 0.29) is 5.56 Å². The van der Waals surface area contributed by atoms with Crippen LogP contribution in [-0.4, -0.2) is 46.3 Å². The number of H-pyrrole nitrogens is 1. The third-order valence-corrected chi connectivity index (χ3v) is 6.76. The number of aryl methyl sites for hydroxylation is 1. The minimum Gasteiger partial charge on any atom is -0.368 e. The summed E-state index contributed by atoms with van der Waals surface area (Å²) in [6, 6.07) is 6.80. The quantitative estimate of drug-likeness (QED) is 0.574. The number of hydrogen-bond acceptors (Lipinski definition) is 8. The van der Waals surface area contributed by atoms with Gasteiger partial charge in [-0.2, -0.15) is 13.2 Å². The lowest BCUT2D eigenvalue weighted by atomic mass is 10.1. The molecule has 4 rings (SSSR count). The van der Waals surface area contributed by atoms with Crippen LogP contribution in [0.4, 0.5) is 24.8 Å². The summed E-state index contributed by atoms with van der Waals surface area (Å²) in [5, 5.41) is 8.90. The number of thioether (sulfide) groups is 1. The highest BCUT2D eigenvalue weighted by Gasteiger charge is 2.31. The van der Waals surface area contributed by atoms with E-state index >= 15 is 0 Å². The summed E-state index contributed by atoms with van der Waals surface area (Å²) in [5.41, 5.74) is 0.272. The van der Waals surface area contributed by atoms with Crippen LogP contribution in [-0.2, 0) is 11.9 Å². The van der Waals surface area contributed by atoms with E-state index in [0.717, 1.165) is 15.4 Å². The first-order valence-electron chi connectivity index (χ1n) is 9.48. The van der Waals surface area contributed by atoms with Gasteiger partial charge in [-0.05, 0) is 25.1 Å². The molecule has 0 aliphatic carbocycles. The van der Waals surface area contributed by atoms with Crippen molar-refractivity contribution in [1.82, 2.24) is 20.2 Å². The Morgan fingerprint density at radius 3 is 2.55 bits per heavy atom. The second-order valence-electron chi connectivity index (χ2n) is 6.96. The first-order valence-corrected chi connectivity index (χ1v) is 11.3. The van der Waals surface area contributed by atoms with E-state index in [9.17, 15) is 18.0 Å². The maximum absolute atomic E-state index is 13.0. The van der Waals surface area contributed by atoms with Gasteiger partial charge >= 0.3 is 6.18 Å². The average Bonchev–Trinajstić information content (AvgIpc) is 3.17. The number of nitrogens with zero attached hydrogens (tertiary/aromatic N) is 5. The predicted molar refractivity (Wildman–Crippen MR) is 115 cm³/mol. The summed E-state index contributed by atoms with van der Waals surface area (Å²) in [7, 11) is 0. The smallest absolute Gasteiger partial charge is 0.368 e. The molecule has 7 nitrogen and oxygen atoms in total. The molecule has 164 valence electrons. The molecular weight excluding hydrogens is 449 g/mol. The Labute approximate surface area is 184 Å². The van der Waals surface area contributed by atoms with E-state index in [1.807, 2.05) is 16.7 Å². The molecule has 0 unspecified atom stereocenters. The Bertz CT molecular complexity index is 1110. The molecule has 1 saturated heterocycles. The Balaban J connectivity index is 1.41. The van der Waals surface area contributed by atoms with Gasteiger partial charge in [-0.3, -0.25) is 9.78 Å². The molecule has 3 aromatic rings. The lowest BCUT2D eigenvalue weighted by Crippen LogP contribution is -2.47. The zero-order valence-electron chi connectivity index (χ0n) is 16.5. The van der Waals surface area contributed by atoms with Crippen LogP contribution in [0.25, 0.3) is 0 Å². The molecule has 31 heavy (non-hydrogen) atoms. The minimum absolute atomic E-state index is 0.241. The standard InChI is InChI=1S/C19H19F3N6OS2/c1-12-25-26-18(31-12)30-11-14-10-16(29)24-17(23-14)28-7-5-27(6-8-28)15-4-2-3-13(9-15)19(20,21)22/h2-4,9-10H,5-8,11H2,1H3,(H,23,24,29). The normalized spacial score (nSPS) is 14.8. The Kier molecular flexibility index (Phi) is 6.19. The largest absolute Gasteiger partial charge is 0.416 e. The molecule has 3 heterocycles. The third kappa shape index (κ3) is 5.37. The summed E-state index contributed by atoms with van der Waals surface area (Å²) < 4.78 is 39.8. The SMILES string of the molecule is Cc1nnc(SCc2cc(=O)[nH]c(N3CCN(c4cccc(C(F)(F)F)c4)CC3)n2)s1.